The molecular formula is C14H24O4. The van der Waals surface area contributed by atoms with Gasteiger partial charge in [0, 0.05) is 11.6 Å². The second-order valence-electron chi connectivity index (χ2n) is 4.03. The van der Waals surface area contributed by atoms with Crippen molar-refractivity contribution in [3.63, 3.8) is 0 Å². The summed E-state index contributed by atoms with van der Waals surface area (Å²) in [6, 6.07) is 0. The Balaban J connectivity index is 4.19. The van der Waals surface area contributed by atoms with E-state index >= 15 is 0 Å². The third kappa shape index (κ3) is 7.87. The van der Waals surface area contributed by atoms with Gasteiger partial charge >= 0.3 is 11.9 Å². The Morgan fingerprint density at radius 1 is 0.944 bits per heavy atom. The van der Waals surface area contributed by atoms with Gasteiger partial charge < -0.3 is 9.47 Å². The molecule has 0 aliphatic rings. The molecule has 104 valence electrons. The summed E-state index contributed by atoms with van der Waals surface area (Å²) in [5, 5.41) is 0. The van der Waals surface area contributed by atoms with Crippen LogP contribution in [-0.4, -0.2) is 25.2 Å². The first-order chi connectivity index (χ1) is 8.65. The first-order valence-electron chi connectivity index (χ1n) is 6.70. The fraction of sp³-hybridized carbons (Fsp3) is 0.714. The van der Waals surface area contributed by atoms with E-state index in [1.807, 2.05) is 20.8 Å². The first-order valence-corrected chi connectivity index (χ1v) is 6.70. The molecule has 0 atom stereocenters. The molecule has 18 heavy (non-hydrogen) atoms. The molecule has 0 aliphatic carbocycles. The van der Waals surface area contributed by atoms with Gasteiger partial charge in [-0.15, -0.1) is 0 Å². The first kappa shape index (κ1) is 16.7. The molecule has 0 spiro atoms. The van der Waals surface area contributed by atoms with Crippen LogP contribution in [0.3, 0.4) is 0 Å². The van der Waals surface area contributed by atoms with Crippen LogP contribution in [0.15, 0.2) is 11.6 Å². The molecule has 0 unspecified atom stereocenters. The van der Waals surface area contributed by atoms with E-state index in [1.165, 1.54) is 6.08 Å². The van der Waals surface area contributed by atoms with Crippen molar-refractivity contribution in [3.05, 3.63) is 11.6 Å². The molecule has 0 aromatic rings. The van der Waals surface area contributed by atoms with Crippen LogP contribution in [0, 0.1) is 0 Å². The van der Waals surface area contributed by atoms with Crippen molar-refractivity contribution < 1.29 is 19.1 Å². The Kier molecular flexibility index (Phi) is 10.0. The molecule has 0 rings (SSSR count). The Morgan fingerprint density at radius 2 is 1.50 bits per heavy atom. The van der Waals surface area contributed by atoms with Crippen LogP contribution in [0.4, 0.5) is 0 Å². The van der Waals surface area contributed by atoms with Gasteiger partial charge in [0.25, 0.3) is 0 Å². The second kappa shape index (κ2) is 10.8. The fourth-order valence-corrected chi connectivity index (χ4v) is 1.21. The van der Waals surface area contributed by atoms with Gasteiger partial charge in [-0.25, -0.2) is 9.59 Å². The van der Waals surface area contributed by atoms with Crippen molar-refractivity contribution in [2.45, 2.75) is 52.9 Å². The third-order valence-corrected chi connectivity index (χ3v) is 2.41. The molecule has 0 heterocycles. The SMILES string of the molecule is CCCCOC(=O)/C=C(\CC)C(=O)OCCCC. The summed E-state index contributed by atoms with van der Waals surface area (Å²) in [7, 11) is 0. The maximum Gasteiger partial charge on any atom is 0.334 e. The fourth-order valence-electron chi connectivity index (χ4n) is 1.21. The highest BCUT2D eigenvalue weighted by Gasteiger charge is 2.11. The maximum atomic E-state index is 11.6. The number of hydrogen-bond donors (Lipinski definition) is 0. The molecule has 0 aromatic heterocycles. The highest BCUT2D eigenvalue weighted by atomic mass is 16.5. The zero-order valence-corrected chi connectivity index (χ0v) is 11.7. The largest absolute Gasteiger partial charge is 0.463 e. The molecule has 0 bridgehead atoms. The Morgan fingerprint density at radius 3 is 2.00 bits per heavy atom. The molecule has 0 N–H and O–H groups in total. The van der Waals surface area contributed by atoms with E-state index in [0.29, 0.717) is 25.2 Å². The van der Waals surface area contributed by atoms with Gasteiger partial charge in [0.15, 0.2) is 0 Å². The molecule has 0 aliphatic heterocycles. The lowest BCUT2D eigenvalue weighted by atomic mass is 10.2. The highest BCUT2D eigenvalue weighted by molar-refractivity contribution is 5.96. The lowest BCUT2D eigenvalue weighted by Gasteiger charge is -2.06. The second-order valence-corrected chi connectivity index (χ2v) is 4.03. The minimum absolute atomic E-state index is 0.368. The number of carbonyl (C=O) groups excluding carboxylic acids is 2. The topological polar surface area (TPSA) is 52.6 Å². The number of hydrogen-bond acceptors (Lipinski definition) is 4. The maximum absolute atomic E-state index is 11.6. The van der Waals surface area contributed by atoms with E-state index < -0.39 is 11.9 Å². The van der Waals surface area contributed by atoms with Crippen molar-refractivity contribution in [1.29, 1.82) is 0 Å². The normalized spacial score (nSPS) is 11.2. The van der Waals surface area contributed by atoms with Crippen LogP contribution in [0.25, 0.3) is 0 Å². The minimum atomic E-state index is -0.465. The quantitative estimate of drug-likeness (QED) is 0.361. The molecule has 0 radical (unpaired) electrons. The average molecular weight is 256 g/mol. The van der Waals surface area contributed by atoms with Crippen molar-refractivity contribution in [2.75, 3.05) is 13.2 Å². The number of unbranched alkanes of at least 4 members (excludes halogenated alkanes) is 2. The number of ether oxygens (including phenoxy) is 2. The van der Waals surface area contributed by atoms with Crippen LogP contribution < -0.4 is 0 Å². The minimum Gasteiger partial charge on any atom is -0.463 e. The van der Waals surface area contributed by atoms with E-state index in [4.69, 9.17) is 9.47 Å². The summed E-state index contributed by atoms with van der Waals surface area (Å²) in [5.41, 5.74) is 0.368. The summed E-state index contributed by atoms with van der Waals surface area (Å²) in [6.45, 7) is 6.65. The summed E-state index contributed by atoms with van der Waals surface area (Å²) in [6.07, 6.45) is 5.32. The van der Waals surface area contributed by atoms with E-state index in [2.05, 4.69) is 0 Å². The Hall–Kier alpha value is -1.32. The van der Waals surface area contributed by atoms with E-state index in [9.17, 15) is 9.59 Å². The third-order valence-electron chi connectivity index (χ3n) is 2.41. The van der Waals surface area contributed by atoms with Gasteiger partial charge in [-0.1, -0.05) is 33.6 Å². The van der Waals surface area contributed by atoms with E-state index in [1.54, 1.807) is 0 Å². The van der Waals surface area contributed by atoms with Gasteiger partial charge in [-0.05, 0) is 19.3 Å². The van der Waals surface area contributed by atoms with Crippen LogP contribution in [0.1, 0.15) is 52.9 Å². The number of esters is 2. The predicted octanol–water partition coefficient (Wildman–Crippen LogP) is 3.01. The number of carbonyl (C=O) groups is 2. The lowest BCUT2D eigenvalue weighted by molar-refractivity contribution is -0.141. The summed E-state index contributed by atoms with van der Waals surface area (Å²) in [4.78, 5) is 23.0. The smallest absolute Gasteiger partial charge is 0.334 e. The highest BCUT2D eigenvalue weighted by Crippen LogP contribution is 2.05. The Bertz CT molecular complexity index is 282. The van der Waals surface area contributed by atoms with Gasteiger partial charge in [0.05, 0.1) is 13.2 Å². The summed E-state index contributed by atoms with van der Waals surface area (Å²) in [5.74, 6) is -0.883. The van der Waals surface area contributed by atoms with Crippen molar-refractivity contribution in [1.82, 2.24) is 0 Å². The molecule has 0 amide bonds. The van der Waals surface area contributed by atoms with Crippen LogP contribution >= 0.6 is 0 Å². The van der Waals surface area contributed by atoms with Crippen molar-refractivity contribution in [2.24, 2.45) is 0 Å². The number of rotatable bonds is 9. The van der Waals surface area contributed by atoms with Crippen LogP contribution in [0.5, 0.6) is 0 Å². The molecule has 0 saturated carbocycles. The van der Waals surface area contributed by atoms with Crippen LogP contribution in [-0.2, 0) is 19.1 Å². The van der Waals surface area contributed by atoms with Gasteiger partial charge in [-0.3, -0.25) is 0 Å². The van der Waals surface area contributed by atoms with Gasteiger partial charge in [-0.2, -0.15) is 0 Å². The monoisotopic (exact) mass is 256 g/mol. The summed E-state index contributed by atoms with van der Waals surface area (Å²) < 4.78 is 10.0. The predicted molar refractivity (Wildman–Crippen MR) is 70.1 cm³/mol. The molecule has 4 heteroatoms. The summed E-state index contributed by atoms with van der Waals surface area (Å²) >= 11 is 0. The van der Waals surface area contributed by atoms with E-state index in [-0.39, 0.29) is 0 Å². The zero-order valence-electron chi connectivity index (χ0n) is 11.7. The average Bonchev–Trinajstić information content (AvgIpc) is 2.36. The van der Waals surface area contributed by atoms with Gasteiger partial charge in [0.1, 0.15) is 0 Å². The van der Waals surface area contributed by atoms with Crippen LogP contribution in [0.2, 0.25) is 0 Å². The van der Waals surface area contributed by atoms with E-state index in [0.717, 1.165) is 25.7 Å². The zero-order chi connectivity index (χ0) is 13.8. The standard InChI is InChI=1S/C14H24O4/c1-4-7-9-17-13(15)11-12(6-3)14(16)18-10-8-5-2/h11H,4-10H2,1-3H3/b12-11+. The molecule has 0 saturated heterocycles. The molecule has 0 aromatic carbocycles. The Labute approximate surface area is 109 Å². The lowest BCUT2D eigenvalue weighted by Crippen LogP contribution is -2.11. The molecule has 0 fully saturated rings. The molecule has 4 nitrogen and oxygen atoms in total. The van der Waals surface area contributed by atoms with Crippen molar-refractivity contribution in [3.8, 4) is 0 Å². The molecular weight excluding hydrogens is 232 g/mol. The van der Waals surface area contributed by atoms with Crippen molar-refractivity contribution >= 4 is 11.9 Å². The van der Waals surface area contributed by atoms with Gasteiger partial charge in [0.2, 0.25) is 0 Å².